The van der Waals surface area contributed by atoms with Crippen LogP contribution in [0.25, 0.3) is 0 Å². The molecule has 0 N–H and O–H groups in total. The molecule has 0 aromatic carbocycles. The molecule has 1 unspecified atom stereocenters. The average Bonchev–Trinajstić information content (AvgIpc) is 2.87. The number of Topliss-reactive ketones (excluding diaryl/α,β-unsaturated/α-hetero) is 1. The van der Waals surface area contributed by atoms with E-state index >= 15 is 0 Å². The lowest BCUT2D eigenvalue weighted by molar-refractivity contribution is -0.360. The molecule has 176 valence electrons. The predicted molar refractivity (Wildman–Crippen MR) is 117 cm³/mol. The number of rotatable bonds is 2. The molecular weight excluding hydrogens is 455 g/mol. The normalized spacial score (nSPS) is 51.8. The van der Waals surface area contributed by atoms with Gasteiger partial charge in [0.25, 0.3) is 5.78 Å². The van der Waals surface area contributed by atoms with Crippen LogP contribution in [0.2, 0.25) is 0 Å². The third kappa shape index (κ3) is 2.33. The van der Waals surface area contributed by atoms with Crippen molar-refractivity contribution in [2.75, 3.05) is 7.11 Å². The number of methoxy groups -OCH3 is 1. The molecule has 32 heavy (non-hydrogen) atoms. The van der Waals surface area contributed by atoms with Gasteiger partial charge in [-0.15, -0.1) is 23.2 Å². The predicted octanol–water partition coefficient (Wildman–Crippen LogP) is 4.09. The Labute approximate surface area is 198 Å². The number of carbonyl (C=O) groups is 3. The van der Waals surface area contributed by atoms with E-state index in [0.29, 0.717) is 38.5 Å². The molecule has 5 aliphatic rings. The van der Waals surface area contributed by atoms with E-state index in [0.717, 1.165) is 12.0 Å². The van der Waals surface area contributed by atoms with Crippen molar-refractivity contribution in [3.05, 3.63) is 11.6 Å². The number of esters is 1. The topological polar surface area (TPSA) is 78.9 Å². The third-order valence-electron chi connectivity index (χ3n) is 9.73. The molecule has 8 heteroatoms. The second kappa shape index (κ2) is 6.80. The quantitative estimate of drug-likeness (QED) is 0.333. The van der Waals surface area contributed by atoms with Gasteiger partial charge in [-0.1, -0.05) is 19.4 Å². The highest BCUT2D eigenvalue weighted by Gasteiger charge is 2.83. The second-order valence-corrected chi connectivity index (χ2v) is 11.8. The molecule has 0 aromatic rings. The van der Waals surface area contributed by atoms with E-state index in [1.54, 1.807) is 13.0 Å². The first-order valence-corrected chi connectivity index (χ1v) is 12.3. The molecular formula is C24H30Cl2O6. The Morgan fingerprint density at radius 1 is 1.16 bits per heavy atom. The van der Waals surface area contributed by atoms with E-state index in [-0.39, 0.29) is 11.7 Å². The Balaban J connectivity index is 1.69. The van der Waals surface area contributed by atoms with Gasteiger partial charge in [-0.25, -0.2) is 4.79 Å². The van der Waals surface area contributed by atoms with Crippen LogP contribution in [0.4, 0.5) is 0 Å². The molecule has 0 spiro atoms. The lowest BCUT2D eigenvalue weighted by atomic mass is 9.43. The Hall–Kier alpha value is -0.950. The first-order valence-electron chi connectivity index (χ1n) is 11.5. The van der Waals surface area contributed by atoms with Crippen LogP contribution in [0, 0.1) is 16.7 Å². The highest BCUT2D eigenvalue weighted by Crippen LogP contribution is 2.76. The van der Waals surface area contributed by atoms with Crippen LogP contribution in [-0.4, -0.2) is 52.4 Å². The van der Waals surface area contributed by atoms with Crippen LogP contribution in [0.15, 0.2) is 11.6 Å². The molecule has 3 saturated carbocycles. The molecule has 4 fully saturated rings. The summed E-state index contributed by atoms with van der Waals surface area (Å²) in [7, 11) is 1.21. The van der Waals surface area contributed by atoms with E-state index in [4.69, 9.17) is 37.4 Å². The fourth-order valence-corrected chi connectivity index (χ4v) is 9.45. The average molecular weight is 485 g/mol. The zero-order valence-corrected chi connectivity index (χ0v) is 20.5. The summed E-state index contributed by atoms with van der Waals surface area (Å²) >= 11 is 14.8. The number of halogens is 2. The van der Waals surface area contributed by atoms with Gasteiger partial charge in [-0.3, -0.25) is 9.59 Å². The van der Waals surface area contributed by atoms with Crippen LogP contribution in [-0.2, 0) is 28.6 Å². The first-order chi connectivity index (χ1) is 14.9. The van der Waals surface area contributed by atoms with Gasteiger partial charge in [0.05, 0.1) is 23.0 Å². The van der Waals surface area contributed by atoms with Gasteiger partial charge in [0, 0.05) is 23.2 Å². The second-order valence-electron chi connectivity index (χ2n) is 10.7. The smallest absolute Gasteiger partial charge is 0.377 e. The number of hydrogen-bond acceptors (Lipinski definition) is 6. The molecule has 0 aromatic heterocycles. The molecule has 1 saturated heterocycles. The summed E-state index contributed by atoms with van der Waals surface area (Å²) in [6.07, 6.45) is 4.88. The molecule has 5 rings (SSSR count). The van der Waals surface area contributed by atoms with Crippen molar-refractivity contribution < 1.29 is 28.6 Å². The molecule has 0 amide bonds. The number of hydrogen-bond donors (Lipinski definition) is 0. The van der Waals surface area contributed by atoms with Gasteiger partial charge < -0.3 is 14.2 Å². The fraction of sp³-hybridized carbons (Fsp3) is 0.792. The molecule has 1 heterocycles. The molecule has 4 aliphatic carbocycles. The third-order valence-corrected chi connectivity index (χ3v) is 11.3. The van der Waals surface area contributed by atoms with Gasteiger partial charge in [-0.05, 0) is 51.5 Å². The number of alkyl halides is 2. The Morgan fingerprint density at radius 2 is 1.88 bits per heavy atom. The van der Waals surface area contributed by atoms with Gasteiger partial charge in [0.15, 0.2) is 12.1 Å². The van der Waals surface area contributed by atoms with E-state index in [2.05, 4.69) is 6.92 Å². The monoisotopic (exact) mass is 484 g/mol. The van der Waals surface area contributed by atoms with Gasteiger partial charge in [-0.2, -0.15) is 0 Å². The number of allylic oxidation sites excluding steroid dienone is 1. The zero-order chi connectivity index (χ0) is 23.3. The minimum atomic E-state index is -1.36. The zero-order valence-electron chi connectivity index (χ0n) is 19.0. The summed E-state index contributed by atoms with van der Waals surface area (Å²) < 4.78 is 17.6. The van der Waals surface area contributed by atoms with Crippen LogP contribution in [0.5, 0.6) is 0 Å². The highest BCUT2D eigenvalue weighted by molar-refractivity contribution is 6.37. The minimum Gasteiger partial charge on any atom is -0.463 e. The molecule has 1 aliphatic heterocycles. The van der Waals surface area contributed by atoms with E-state index in [1.165, 1.54) is 7.11 Å². The fourth-order valence-electron chi connectivity index (χ4n) is 8.17. The maximum atomic E-state index is 13.4. The van der Waals surface area contributed by atoms with Crippen molar-refractivity contribution in [3.8, 4) is 0 Å². The minimum absolute atomic E-state index is 0.139. The Morgan fingerprint density at radius 3 is 2.56 bits per heavy atom. The lowest BCUT2D eigenvalue weighted by Crippen LogP contribution is -2.78. The summed E-state index contributed by atoms with van der Waals surface area (Å²) in [5.41, 5.74) is -2.34. The number of carbonyl (C=O) groups excluding carboxylic acids is 3. The maximum Gasteiger partial charge on any atom is 0.377 e. The van der Waals surface area contributed by atoms with Crippen LogP contribution >= 0.6 is 23.2 Å². The number of ether oxygens (including phenoxy) is 3. The van der Waals surface area contributed by atoms with Crippen molar-refractivity contribution in [3.63, 3.8) is 0 Å². The molecule has 2 bridgehead atoms. The first kappa shape index (κ1) is 22.8. The summed E-state index contributed by atoms with van der Waals surface area (Å²) in [6, 6.07) is 0. The van der Waals surface area contributed by atoms with E-state index in [1.807, 2.05) is 6.92 Å². The van der Waals surface area contributed by atoms with Gasteiger partial charge in [0.2, 0.25) is 0 Å². The lowest BCUT2D eigenvalue weighted by Gasteiger charge is -2.70. The Bertz CT molecular complexity index is 949. The van der Waals surface area contributed by atoms with Crippen molar-refractivity contribution in [2.24, 2.45) is 16.7 Å². The van der Waals surface area contributed by atoms with Crippen molar-refractivity contribution in [2.45, 2.75) is 93.5 Å². The summed E-state index contributed by atoms with van der Waals surface area (Å²) in [5, 5.41) is -0.502. The highest BCUT2D eigenvalue weighted by atomic mass is 35.5. The van der Waals surface area contributed by atoms with Crippen molar-refractivity contribution in [1.82, 2.24) is 0 Å². The number of fused-ring (bicyclic) bond motifs is 3. The number of ketones is 2. The van der Waals surface area contributed by atoms with Crippen molar-refractivity contribution in [1.29, 1.82) is 0 Å². The Kier molecular flexibility index (Phi) is 4.85. The maximum absolute atomic E-state index is 13.4. The van der Waals surface area contributed by atoms with Crippen LogP contribution < -0.4 is 0 Å². The molecule has 8 atom stereocenters. The van der Waals surface area contributed by atoms with Crippen LogP contribution in [0.1, 0.15) is 65.7 Å². The molecule has 6 nitrogen and oxygen atoms in total. The summed E-state index contributed by atoms with van der Waals surface area (Å²) in [6.45, 7) is 5.87. The SMILES string of the molecule is COC(=O)C(=O)[C@@]12CC[C@@]3(OC(C)O1)[C@@H]1CCC4=CC(=O)CC[C@]4(C)[C@@]1(Cl)[C@@H](Cl)C[C@]23C. The van der Waals surface area contributed by atoms with Gasteiger partial charge in [0.1, 0.15) is 5.60 Å². The van der Waals surface area contributed by atoms with Crippen molar-refractivity contribution >= 4 is 40.7 Å². The van der Waals surface area contributed by atoms with Crippen LogP contribution in [0.3, 0.4) is 0 Å². The largest absolute Gasteiger partial charge is 0.463 e. The molecule has 0 radical (unpaired) electrons. The standard InChI is InChI=1S/C24H30Cl2O6/c1-13-31-22-9-10-23(32-13,18(28)19(29)30-4)21(22,3)12-17(25)24(26)16(22)6-5-14-11-15(27)7-8-20(14,24)2/h11,13,16-17H,5-10,12H2,1-4H3/t13?,16-,17-,20-,21-,22+,23+,24-/m0/s1. The van der Waals surface area contributed by atoms with E-state index in [9.17, 15) is 14.4 Å². The van der Waals surface area contributed by atoms with Gasteiger partial charge >= 0.3 is 5.97 Å². The summed E-state index contributed by atoms with van der Waals surface area (Å²) in [5.74, 6) is -1.60. The summed E-state index contributed by atoms with van der Waals surface area (Å²) in [4.78, 5) is 37.2. The van der Waals surface area contributed by atoms with E-state index < -0.39 is 50.3 Å².